The maximum absolute atomic E-state index is 13.0. The maximum Gasteiger partial charge on any atom is 0.257 e. The minimum absolute atomic E-state index is 0.101. The monoisotopic (exact) mass is 453 g/mol. The quantitative estimate of drug-likeness (QED) is 0.646. The number of carbonyl (C=O) groups is 2. The van der Waals surface area contributed by atoms with Gasteiger partial charge in [-0.2, -0.15) is 0 Å². The molecule has 1 unspecified atom stereocenters. The van der Waals surface area contributed by atoms with Crippen molar-refractivity contribution in [1.82, 2.24) is 10.2 Å². The molecule has 6 nitrogen and oxygen atoms in total. The van der Waals surface area contributed by atoms with E-state index in [-0.39, 0.29) is 18.4 Å². The molecule has 7 heteroatoms. The van der Waals surface area contributed by atoms with Gasteiger partial charge in [-0.1, -0.05) is 40.2 Å². The number of benzene rings is 2. The summed E-state index contributed by atoms with van der Waals surface area (Å²) in [4.78, 5) is 28.7. The summed E-state index contributed by atoms with van der Waals surface area (Å²) in [6.45, 7) is 0.101. The highest BCUT2D eigenvalue weighted by atomic mass is 79.9. The Balaban J connectivity index is 1.77. The number of hydrogen-bond donors (Lipinski definition) is 1. The number of fused-ring (bicyclic) bond motifs is 1. The largest absolute Gasteiger partial charge is 0.457 e. The Kier molecular flexibility index (Phi) is 5.15. The zero-order valence-corrected chi connectivity index (χ0v) is 17.6. The number of nitrogens with zero attached hydrogens (tertiary/aromatic N) is 2. The molecule has 1 aliphatic rings. The standard InChI is InChI=1S/C22H20BrN3O3/c1-24-20(27)13-26-17-6-4-3-5-16(17)22(28)25(2)21(26)19-12-11-18(29-19)14-7-9-15(23)10-8-14/h3-12,21H,13H2,1-2H3,(H,24,27). The topological polar surface area (TPSA) is 65.8 Å². The predicted molar refractivity (Wildman–Crippen MR) is 115 cm³/mol. The molecule has 1 atom stereocenters. The molecule has 2 aromatic carbocycles. The predicted octanol–water partition coefficient (Wildman–Crippen LogP) is 4.05. The van der Waals surface area contributed by atoms with E-state index in [1.54, 1.807) is 25.1 Å². The molecule has 2 heterocycles. The van der Waals surface area contributed by atoms with Gasteiger partial charge in [-0.05, 0) is 36.4 Å². The van der Waals surface area contributed by atoms with E-state index >= 15 is 0 Å². The van der Waals surface area contributed by atoms with Crippen molar-refractivity contribution in [3.63, 3.8) is 0 Å². The Bertz CT molecular complexity index is 1060. The van der Waals surface area contributed by atoms with Crippen molar-refractivity contribution in [3.05, 3.63) is 76.5 Å². The minimum atomic E-state index is -0.529. The first-order valence-electron chi connectivity index (χ1n) is 9.18. The lowest BCUT2D eigenvalue weighted by atomic mass is 10.0. The molecule has 0 bridgehead atoms. The van der Waals surface area contributed by atoms with Crippen molar-refractivity contribution in [2.45, 2.75) is 6.17 Å². The van der Waals surface area contributed by atoms with E-state index in [0.717, 1.165) is 10.0 Å². The number of nitrogens with one attached hydrogen (secondary N) is 1. The van der Waals surface area contributed by atoms with E-state index in [1.165, 1.54) is 0 Å². The molecule has 148 valence electrons. The number of furan rings is 1. The van der Waals surface area contributed by atoms with Crippen LogP contribution in [-0.4, -0.2) is 37.4 Å². The molecular weight excluding hydrogens is 434 g/mol. The number of anilines is 1. The van der Waals surface area contributed by atoms with Gasteiger partial charge in [0, 0.05) is 24.1 Å². The smallest absolute Gasteiger partial charge is 0.257 e. The molecule has 0 saturated carbocycles. The minimum Gasteiger partial charge on any atom is -0.457 e. The molecule has 0 fully saturated rings. The summed E-state index contributed by atoms with van der Waals surface area (Å²) >= 11 is 3.43. The molecule has 1 aliphatic heterocycles. The van der Waals surface area contributed by atoms with Crippen LogP contribution in [0.25, 0.3) is 11.3 Å². The van der Waals surface area contributed by atoms with Gasteiger partial charge in [0.1, 0.15) is 11.5 Å². The number of likely N-dealkylation sites (N-methyl/N-ethyl adjacent to an activating group) is 1. The van der Waals surface area contributed by atoms with Gasteiger partial charge in [0.25, 0.3) is 5.91 Å². The number of halogens is 1. The number of rotatable bonds is 4. The first kappa shape index (κ1) is 19.3. The van der Waals surface area contributed by atoms with E-state index in [9.17, 15) is 9.59 Å². The van der Waals surface area contributed by atoms with Gasteiger partial charge in [-0.3, -0.25) is 9.59 Å². The highest BCUT2D eigenvalue weighted by molar-refractivity contribution is 9.10. The molecule has 1 aromatic heterocycles. The van der Waals surface area contributed by atoms with Crippen molar-refractivity contribution in [2.75, 3.05) is 25.5 Å². The van der Waals surface area contributed by atoms with E-state index < -0.39 is 6.17 Å². The van der Waals surface area contributed by atoms with Gasteiger partial charge in [0.15, 0.2) is 6.17 Å². The van der Waals surface area contributed by atoms with Crippen molar-refractivity contribution < 1.29 is 14.0 Å². The number of carbonyl (C=O) groups excluding carboxylic acids is 2. The molecule has 3 aromatic rings. The van der Waals surface area contributed by atoms with Crippen LogP contribution < -0.4 is 10.2 Å². The Morgan fingerprint density at radius 3 is 2.55 bits per heavy atom. The van der Waals surface area contributed by atoms with Crippen LogP contribution in [0.3, 0.4) is 0 Å². The first-order chi connectivity index (χ1) is 14.0. The Labute approximate surface area is 177 Å². The van der Waals surface area contributed by atoms with Crippen molar-refractivity contribution in [2.24, 2.45) is 0 Å². The van der Waals surface area contributed by atoms with Crippen LogP contribution in [0.15, 0.2) is 69.6 Å². The molecule has 0 aliphatic carbocycles. The second kappa shape index (κ2) is 7.75. The highest BCUT2D eigenvalue weighted by Gasteiger charge is 2.38. The lowest BCUT2D eigenvalue weighted by molar-refractivity contribution is -0.119. The summed E-state index contributed by atoms with van der Waals surface area (Å²) in [5, 5.41) is 2.66. The van der Waals surface area contributed by atoms with Gasteiger partial charge >= 0.3 is 0 Å². The van der Waals surface area contributed by atoms with Crippen LogP contribution in [0.1, 0.15) is 22.3 Å². The Morgan fingerprint density at radius 2 is 1.83 bits per heavy atom. The van der Waals surface area contributed by atoms with Gasteiger partial charge < -0.3 is 19.5 Å². The average Bonchev–Trinajstić information content (AvgIpc) is 3.22. The molecule has 0 saturated heterocycles. The van der Waals surface area contributed by atoms with E-state index in [1.807, 2.05) is 59.5 Å². The summed E-state index contributed by atoms with van der Waals surface area (Å²) in [5.41, 5.74) is 2.21. The third-order valence-corrected chi connectivity index (χ3v) is 5.56. The number of hydrogen-bond acceptors (Lipinski definition) is 4. The van der Waals surface area contributed by atoms with E-state index in [0.29, 0.717) is 22.8 Å². The SMILES string of the molecule is CNC(=O)CN1c2ccccc2C(=O)N(C)C1c1ccc(-c2ccc(Br)cc2)o1. The van der Waals surface area contributed by atoms with Gasteiger partial charge in [-0.15, -0.1) is 0 Å². The second-order valence-electron chi connectivity index (χ2n) is 6.82. The van der Waals surface area contributed by atoms with Crippen LogP contribution in [0, 0.1) is 0 Å². The second-order valence-corrected chi connectivity index (χ2v) is 7.73. The van der Waals surface area contributed by atoms with Crippen molar-refractivity contribution in [1.29, 1.82) is 0 Å². The summed E-state index contributed by atoms with van der Waals surface area (Å²) in [5.74, 6) is 1.04. The van der Waals surface area contributed by atoms with Crippen LogP contribution >= 0.6 is 15.9 Å². The summed E-state index contributed by atoms with van der Waals surface area (Å²) in [6, 6.07) is 18.9. The van der Waals surface area contributed by atoms with Crippen LogP contribution in [0.2, 0.25) is 0 Å². The van der Waals surface area contributed by atoms with E-state index in [4.69, 9.17) is 4.42 Å². The fraction of sp³-hybridized carbons (Fsp3) is 0.182. The first-order valence-corrected chi connectivity index (χ1v) is 9.98. The lowest BCUT2D eigenvalue weighted by Gasteiger charge is -2.42. The zero-order chi connectivity index (χ0) is 20.5. The Hall–Kier alpha value is -3.06. The van der Waals surface area contributed by atoms with E-state index in [2.05, 4.69) is 21.2 Å². The summed E-state index contributed by atoms with van der Waals surface area (Å²) < 4.78 is 7.13. The fourth-order valence-electron chi connectivity index (χ4n) is 3.56. The van der Waals surface area contributed by atoms with Gasteiger partial charge in [0.05, 0.1) is 17.8 Å². The summed E-state index contributed by atoms with van der Waals surface area (Å²) in [6.07, 6.45) is -0.529. The average molecular weight is 454 g/mol. The van der Waals surface area contributed by atoms with Crippen LogP contribution in [-0.2, 0) is 4.79 Å². The Morgan fingerprint density at radius 1 is 1.10 bits per heavy atom. The number of amides is 2. The normalized spacial score (nSPS) is 16.0. The molecule has 2 amide bonds. The van der Waals surface area contributed by atoms with Gasteiger partial charge in [-0.25, -0.2) is 0 Å². The van der Waals surface area contributed by atoms with Crippen molar-refractivity contribution in [3.8, 4) is 11.3 Å². The number of para-hydroxylation sites is 1. The van der Waals surface area contributed by atoms with Gasteiger partial charge in [0.2, 0.25) is 5.91 Å². The molecular formula is C22H20BrN3O3. The molecule has 29 heavy (non-hydrogen) atoms. The maximum atomic E-state index is 13.0. The van der Waals surface area contributed by atoms with Crippen molar-refractivity contribution >= 4 is 33.4 Å². The molecule has 1 N–H and O–H groups in total. The summed E-state index contributed by atoms with van der Waals surface area (Å²) in [7, 11) is 3.32. The highest BCUT2D eigenvalue weighted by Crippen LogP contribution is 2.39. The molecule has 0 radical (unpaired) electrons. The third-order valence-electron chi connectivity index (χ3n) is 5.03. The molecule has 0 spiro atoms. The van der Waals surface area contributed by atoms with Crippen LogP contribution in [0.5, 0.6) is 0 Å². The third kappa shape index (κ3) is 3.53. The zero-order valence-electron chi connectivity index (χ0n) is 16.1. The molecule has 4 rings (SSSR count). The fourth-order valence-corrected chi connectivity index (χ4v) is 3.82. The lowest BCUT2D eigenvalue weighted by Crippen LogP contribution is -2.50. The van der Waals surface area contributed by atoms with Crippen LogP contribution in [0.4, 0.5) is 5.69 Å².